The van der Waals surface area contributed by atoms with Gasteiger partial charge in [-0.05, 0) is 51.2 Å². The maximum Gasteiger partial charge on any atom is 0.267 e. The van der Waals surface area contributed by atoms with E-state index in [4.69, 9.17) is 9.47 Å². The second-order valence-corrected chi connectivity index (χ2v) is 4.76. The zero-order valence-electron chi connectivity index (χ0n) is 6.54. The summed E-state index contributed by atoms with van der Waals surface area (Å²) in [6.07, 6.45) is 2.88. The van der Waals surface area contributed by atoms with Gasteiger partial charge in [0, 0.05) is 12.7 Å². The molecule has 1 heterocycles. The molecular weight excluding hydrogens is 394 g/mol. The Hall–Kier alpha value is 0.0200. The largest absolute Gasteiger partial charge is 0.455 e. The van der Waals surface area contributed by atoms with Crippen LogP contribution in [-0.2, 0) is 9.47 Å². The van der Waals surface area contributed by atoms with Gasteiger partial charge >= 0.3 is 0 Å². The predicted molar refractivity (Wildman–Crippen MR) is 65.9 cm³/mol. The molecule has 0 fully saturated rings. The smallest absolute Gasteiger partial charge is 0.267 e. The first-order valence-corrected chi connectivity index (χ1v) is 5.84. The van der Waals surface area contributed by atoms with Crippen LogP contribution in [-0.4, -0.2) is 0 Å². The molecule has 0 atom stereocenters. The van der Waals surface area contributed by atoms with Gasteiger partial charge in [-0.3, -0.25) is 0 Å². The number of benzene rings is 1. The van der Waals surface area contributed by atoms with Crippen molar-refractivity contribution in [1.29, 1.82) is 0 Å². The lowest BCUT2D eigenvalue weighted by Gasteiger charge is -2.12. The van der Waals surface area contributed by atoms with Crippen LogP contribution >= 0.6 is 45.2 Å². The lowest BCUT2D eigenvalue weighted by Crippen LogP contribution is -2.01. The number of halogens is 2. The van der Waals surface area contributed by atoms with Gasteiger partial charge in [-0.25, -0.2) is 0 Å². The molecule has 1 aromatic carbocycles. The minimum Gasteiger partial charge on any atom is -0.455 e. The van der Waals surface area contributed by atoms with E-state index in [0.29, 0.717) is 0 Å². The van der Waals surface area contributed by atoms with E-state index in [9.17, 15) is 0 Å². The van der Waals surface area contributed by atoms with E-state index in [0.717, 1.165) is 5.56 Å². The van der Waals surface area contributed by atoms with Gasteiger partial charge in [0.2, 0.25) is 0 Å². The zero-order chi connectivity index (χ0) is 9.26. The maximum absolute atomic E-state index is 5.26. The average Bonchev–Trinajstić information content (AvgIpc) is 2.62. The Bertz CT molecular complexity index is 341. The van der Waals surface area contributed by atoms with Crippen LogP contribution in [0.4, 0.5) is 0 Å². The second-order valence-electron chi connectivity index (χ2n) is 2.52. The van der Waals surface area contributed by atoms with E-state index >= 15 is 0 Å². The summed E-state index contributed by atoms with van der Waals surface area (Å²) in [5, 5.41) is 0. The van der Waals surface area contributed by atoms with Crippen molar-refractivity contribution in [2.75, 3.05) is 0 Å². The number of hydrogen-bond acceptors (Lipinski definition) is 2. The molecule has 0 spiro atoms. The van der Waals surface area contributed by atoms with Crippen molar-refractivity contribution in [3.63, 3.8) is 0 Å². The minimum absolute atomic E-state index is 0.262. The van der Waals surface area contributed by atoms with Crippen molar-refractivity contribution < 1.29 is 9.47 Å². The number of rotatable bonds is 1. The van der Waals surface area contributed by atoms with Gasteiger partial charge in [-0.15, -0.1) is 0 Å². The van der Waals surface area contributed by atoms with Gasteiger partial charge in [0.1, 0.15) is 12.5 Å². The van der Waals surface area contributed by atoms with E-state index in [1.165, 1.54) is 7.14 Å². The van der Waals surface area contributed by atoms with Crippen LogP contribution < -0.4 is 0 Å². The van der Waals surface area contributed by atoms with Crippen LogP contribution in [0.3, 0.4) is 0 Å². The van der Waals surface area contributed by atoms with Crippen LogP contribution in [0.5, 0.6) is 0 Å². The lowest BCUT2D eigenvalue weighted by molar-refractivity contribution is -0.0252. The fourth-order valence-corrected chi connectivity index (χ4v) is 2.22. The van der Waals surface area contributed by atoms with Crippen molar-refractivity contribution >= 4 is 45.2 Å². The number of ether oxygens (including phenoxy) is 2. The standard InChI is InChI=1S/C9H6I2O2/c10-7-3-1-2-6(8(7)11)9-12-4-5-13-9/h1-5,9H. The molecule has 0 amide bonds. The Labute approximate surface area is 104 Å². The van der Waals surface area contributed by atoms with Gasteiger partial charge in [0.15, 0.2) is 0 Å². The molecule has 68 valence electrons. The molecule has 0 saturated carbocycles. The first kappa shape index (κ1) is 9.57. The highest BCUT2D eigenvalue weighted by Gasteiger charge is 2.19. The zero-order valence-corrected chi connectivity index (χ0v) is 10.9. The Kier molecular flexibility index (Phi) is 2.97. The fourth-order valence-electron chi connectivity index (χ4n) is 1.09. The lowest BCUT2D eigenvalue weighted by atomic mass is 10.2. The quantitative estimate of drug-likeness (QED) is 0.674. The summed E-state index contributed by atoms with van der Waals surface area (Å²) in [5.74, 6) is 0. The molecule has 1 aliphatic heterocycles. The highest BCUT2D eigenvalue weighted by molar-refractivity contribution is 14.1. The van der Waals surface area contributed by atoms with Crippen molar-refractivity contribution in [3.8, 4) is 0 Å². The molecule has 0 unspecified atom stereocenters. The monoisotopic (exact) mass is 400 g/mol. The Morgan fingerprint density at radius 3 is 2.46 bits per heavy atom. The van der Waals surface area contributed by atoms with E-state index in [1.54, 1.807) is 12.5 Å². The minimum atomic E-state index is -0.262. The summed E-state index contributed by atoms with van der Waals surface area (Å²) in [6.45, 7) is 0. The van der Waals surface area contributed by atoms with E-state index in [2.05, 4.69) is 51.2 Å². The topological polar surface area (TPSA) is 18.5 Å². The Morgan fingerprint density at radius 2 is 1.77 bits per heavy atom. The van der Waals surface area contributed by atoms with Crippen LogP contribution in [0.1, 0.15) is 11.9 Å². The molecule has 0 aromatic heterocycles. The van der Waals surface area contributed by atoms with Crippen LogP contribution in [0.2, 0.25) is 0 Å². The molecular formula is C9H6I2O2. The average molecular weight is 400 g/mol. The van der Waals surface area contributed by atoms with E-state index in [1.807, 2.05) is 12.1 Å². The highest BCUT2D eigenvalue weighted by atomic mass is 127. The molecule has 0 N–H and O–H groups in total. The summed E-state index contributed by atoms with van der Waals surface area (Å²) in [7, 11) is 0. The maximum atomic E-state index is 5.26. The molecule has 0 aliphatic carbocycles. The molecule has 13 heavy (non-hydrogen) atoms. The van der Waals surface area contributed by atoms with Gasteiger partial charge in [-0.2, -0.15) is 0 Å². The molecule has 0 radical (unpaired) electrons. The van der Waals surface area contributed by atoms with E-state index in [-0.39, 0.29) is 6.29 Å². The molecule has 1 aliphatic rings. The van der Waals surface area contributed by atoms with Crippen LogP contribution in [0, 0.1) is 7.14 Å². The van der Waals surface area contributed by atoms with Crippen molar-refractivity contribution in [3.05, 3.63) is 43.4 Å². The molecule has 0 saturated heterocycles. The van der Waals surface area contributed by atoms with Gasteiger partial charge in [0.05, 0.1) is 0 Å². The summed E-state index contributed by atoms with van der Waals surface area (Å²) < 4.78 is 12.9. The van der Waals surface area contributed by atoms with Gasteiger partial charge in [0.25, 0.3) is 6.29 Å². The summed E-state index contributed by atoms with van der Waals surface area (Å²) >= 11 is 4.60. The van der Waals surface area contributed by atoms with E-state index < -0.39 is 0 Å². The molecule has 4 heteroatoms. The van der Waals surface area contributed by atoms with Crippen molar-refractivity contribution in [1.82, 2.24) is 0 Å². The number of hydrogen-bond donors (Lipinski definition) is 0. The van der Waals surface area contributed by atoms with Crippen LogP contribution in [0.25, 0.3) is 0 Å². The molecule has 2 rings (SSSR count). The molecule has 0 bridgehead atoms. The Morgan fingerprint density at radius 1 is 1.08 bits per heavy atom. The molecule has 2 nitrogen and oxygen atoms in total. The van der Waals surface area contributed by atoms with Crippen LogP contribution in [0.15, 0.2) is 30.7 Å². The third-order valence-electron chi connectivity index (χ3n) is 1.70. The highest BCUT2D eigenvalue weighted by Crippen LogP contribution is 2.30. The SMILES string of the molecule is Ic1cccc(C2OC=CO2)c1I. The summed E-state index contributed by atoms with van der Waals surface area (Å²) in [4.78, 5) is 0. The first-order valence-electron chi connectivity index (χ1n) is 3.69. The molecule has 1 aromatic rings. The third kappa shape index (κ3) is 1.93. The third-order valence-corrected chi connectivity index (χ3v) is 4.83. The summed E-state index contributed by atoms with van der Waals surface area (Å²) in [6, 6.07) is 6.08. The first-order chi connectivity index (χ1) is 6.29. The fraction of sp³-hybridized carbons (Fsp3) is 0.111. The van der Waals surface area contributed by atoms with Gasteiger partial charge < -0.3 is 9.47 Å². The Balaban J connectivity index is 2.34. The predicted octanol–water partition coefficient (Wildman–Crippen LogP) is 3.41. The summed E-state index contributed by atoms with van der Waals surface area (Å²) in [5.41, 5.74) is 1.08. The second kappa shape index (κ2) is 4.04. The van der Waals surface area contributed by atoms with Gasteiger partial charge in [-0.1, -0.05) is 12.1 Å². The van der Waals surface area contributed by atoms with Crippen molar-refractivity contribution in [2.24, 2.45) is 0 Å². The van der Waals surface area contributed by atoms with Crippen molar-refractivity contribution in [2.45, 2.75) is 6.29 Å². The normalized spacial score (nSPS) is 15.5.